The van der Waals surface area contributed by atoms with Crippen molar-refractivity contribution in [1.29, 1.82) is 0 Å². The summed E-state index contributed by atoms with van der Waals surface area (Å²) in [6.45, 7) is 5.82. The Morgan fingerprint density at radius 1 is 1.11 bits per heavy atom. The molecule has 0 radical (unpaired) electrons. The molecule has 1 atom stereocenters. The van der Waals surface area contributed by atoms with E-state index >= 15 is 0 Å². The predicted octanol–water partition coefficient (Wildman–Crippen LogP) is 3.54. The summed E-state index contributed by atoms with van der Waals surface area (Å²) in [6.07, 6.45) is 1.12. The van der Waals surface area contributed by atoms with Crippen LogP contribution in [-0.2, 0) is 0 Å². The van der Waals surface area contributed by atoms with Crippen LogP contribution in [0.3, 0.4) is 0 Å². The van der Waals surface area contributed by atoms with Crippen molar-refractivity contribution < 1.29 is 9.84 Å². The van der Waals surface area contributed by atoms with E-state index in [0.717, 1.165) is 11.3 Å². The first-order valence-electron chi connectivity index (χ1n) is 5.95. The molecule has 0 aliphatic carbocycles. The van der Waals surface area contributed by atoms with E-state index in [2.05, 4.69) is 11.9 Å². The fourth-order valence-electron chi connectivity index (χ4n) is 1.60. The second-order valence-electron chi connectivity index (χ2n) is 4.45. The lowest BCUT2D eigenvalue weighted by Crippen LogP contribution is -1.94. The summed E-state index contributed by atoms with van der Waals surface area (Å²) in [4.78, 5) is 4.17. The molecule has 3 heteroatoms. The summed E-state index contributed by atoms with van der Waals surface area (Å²) in [7, 11) is 0. The Morgan fingerprint density at radius 2 is 1.89 bits per heavy atom. The summed E-state index contributed by atoms with van der Waals surface area (Å²) in [5.41, 5.74) is 3.20. The number of hydrogen-bond acceptors (Lipinski definition) is 3. The molecule has 2 rings (SSSR count). The van der Waals surface area contributed by atoms with Crippen molar-refractivity contribution in [2.45, 2.75) is 26.9 Å². The van der Waals surface area contributed by atoms with Gasteiger partial charge in [0, 0.05) is 12.3 Å². The molecule has 18 heavy (non-hydrogen) atoms. The van der Waals surface area contributed by atoms with Crippen LogP contribution in [0.5, 0.6) is 11.6 Å². The third-order valence-corrected chi connectivity index (χ3v) is 2.94. The Balaban J connectivity index is 2.15. The Labute approximate surface area is 107 Å². The van der Waals surface area contributed by atoms with Crippen molar-refractivity contribution in [3.63, 3.8) is 0 Å². The zero-order valence-electron chi connectivity index (χ0n) is 10.8. The van der Waals surface area contributed by atoms with Crippen LogP contribution in [0, 0.1) is 13.8 Å². The Bertz CT molecular complexity index is 533. The standard InChI is InChI=1S/C15H17NO2/c1-10-4-6-14(8-11(10)2)18-15-7-5-13(9-16-15)12(3)17/h4-9,12,17H,1-3H3. The fourth-order valence-corrected chi connectivity index (χ4v) is 1.60. The minimum absolute atomic E-state index is 0.506. The SMILES string of the molecule is Cc1ccc(Oc2ccc(C(C)O)cn2)cc1C. The largest absolute Gasteiger partial charge is 0.439 e. The molecular formula is C15H17NO2. The maximum absolute atomic E-state index is 9.39. The smallest absolute Gasteiger partial charge is 0.219 e. The maximum Gasteiger partial charge on any atom is 0.219 e. The number of pyridine rings is 1. The van der Waals surface area contributed by atoms with Crippen molar-refractivity contribution in [1.82, 2.24) is 4.98 Å². The molecule has 0 fully saturated rings. The number of aliphatic hydroxyl groups excluding tert-OH is 1. The molecule has 1 N–H and O–H groups in total. The summed E-state index contributed by atoms with van der Waals surface area (Å²) in [5.74, 6) is 1.30. The van der Waals surface area contributed by atoms with Gasteiger partial charge in [-0.05, 0) is 55.7 Å². The fraction of sp³-hybridized carbons (Fsp3) is 0.267. The van der Waals surface area contributed by atoms with Crippen molar-refractivity contribution >= 4 is 0 Å². The molecule has 1 unspecified atom stereocenters. The Hall–Kier alpha value is -1.87. The van der Waals surface area contributed by atoms with Crippen LogP contribution in [0.4, 0.5) is 0 Å². The third kappa shape index (κ3) is 2.87. The van der Waals surface area contributed by atoms with Crippen molar-refractivity contribution in [3.05, 3.63) is 53.2 Å². The summed E-state index contributed by atoms with van der Waals surface area (Å²) in [6, 6.07) is 9.51. The lowest BCUT2D eigenvalue weighted by molar-refractivity contribution is 0.198. The third-order valence-electron chi connectivity index (χ3n) is 2.94. The van der Waals surface area contributed by atoms with E-state index in [4.69, 9.17) is 4.74 Å². The van der Waals surface area contributed by atoms with Crippen LogP contribution in [0.1, 0.15) is 29.7 Å². The normalized spacial score (nSPS) is 12.2. The molecule has 2 aromatic rings. The topological polar surface area (TPSA) is 42.4 Å². The van der Waals surface area contributed by atoms with Crippen LogP contribution in [-0.4, -0.2) is 10.1 Å². The van der Waals surface area contributed by atoms with Gasteiger partial charge in [-0.3, -0.25) is 0 Å². The van der Waals surface area contributed by atoms with Gasteiger partial charge in [0.05, 0.1) is 6.10 Å². The molecule has 0 amide bonds. The summed E-state index contributed by atoms with van der Waals surface area (Å²) >= 11 is 0. The quantitative estimate of drug-likeness (QED) is 0.896. The van der Waals surface area contributed by atoms with E-state index in [1.165, 1.54) is 11.1 Å². The first kappa shape index (κ1) is 12.6. The number of ether oxygens (including phenoxy) is 1. The lowest BCUT2D eigenvalue weighted by Gasteiger charge is -2.08. The maximum atomic E-state index is 9.39. The first-order valence-corrected chi connectivity index (χ1v) is 5.95. The van der Waals surface area contributed by atoms with Crippen molar-refractivity contribution in [2.75, 3.05) is 0 Å². The zero-order chi connectivity index (χ0) is 13.1. The molecule has 0 saturated carbocycles. The number of hydrogen-bond donors (Lipinski definition) is 1. The first-order chi connectivity index (χ1) is 8.56. The molecule has 1 heterocycles. The average molecular weight is 243 g/mol. The van der Waals surface area contributed by atoms with Gasteiger partial charge in [0.25, 0.3) is 0 Å². The molecule has 1 aromatic carbocycles. The van der Waals surface area contributed by atoms with Crippen LogP contribution >= 0.6 is 0 Å². The number of rotatable bonds is 3. The average Bonchev–Trinajstić information content (AvgIpc) is 2.34. The Morgan fingerprint density at radius 3 is 2.44 bits per heavy atom. The van der Waals surface area contributed by atoms with E-state index in [9.17, 15) is 5.11 Å². The highest BCUT2D eigenvalue weighted by atomic mass is 16.5. The molecule has 0 aliphatic heterocycles. The van der Waals surface area contributed by atoms with Crippen molar-refractivity contribution in [2.24, 2.45) is 0 Å². The molecular weight excluding hydrogens is 226 g/mol. The number of aliphatic hydroxyl groups is 1. The van der Waals surface area contributed by atoms with E-state index in [-0.39, 0.29) is 0 Å². The monoisotopic (exact) mass is 243 g/mol. The van der Waals surface area contributed by atoms with Crippen LogP contribution in [0.2, 0.25) is 0 Å². The highest BCUT2D eigenvalue weighted by Gasteiger charge is 2.03. The van der Waals surface area contributed by atoms with Gasteiger partial charge < -0.3 is 9.84 Å². The number of benzene rings is 1. The summed E-state index contributed by atoms with van der Waals surface area (Å²) < 4.78 is 5.66. The number of aryl methyl sites for hydroxylation is 2. The van der Waals surface area contributed by atoms with E-state index in [1.807, 2.05) is 31.2 Å². The van der Waals surface area contributed by atoms with E-state index in [0.29, 0.717) is 5.88 Å². The molecule has 0 spiro atoms. The van der Waals surface area contributed by atoms with Gasteiger partial charge in [0.2, 0.25) is 5.88 Å². The van der Waals surface area contributed by atoms with Crippen LogP contribution in [0.15, 0.2) is 36.5 Å². The molecule has 0 bridgehead atoms. The molecule has 1 aromatic heterocycles. The highest BCUT2D eigenvalue weighted by molar-refractivity contribution is 5.36. The number of aromatic nitrogens is 1. The van der Waals surface area contributed by atoms with Crippen LogP contribution in [0.25, 0.3) is 0 Å². The summed E-state index contributed by atoms with van der Waals surface area (Å²) in [5, 5.41) is 9.39. The van der Waals surface area contributed by atoms with Gasteiger partial charge >= 0.3 is 0 Å². The lowest BCUT2D eigenvalue weighted by atomic mass is 10.1. The van der Waals surface area contributed by atoms with Gasteiger partial charge in [-0.2, -0.15) is 0 Å². The van der Waals surface area contributed by atoms with Gasteiger partial charge in [-0.25, -0.2) is 4.98 Å². The second-order valence-corrected chi connectivity index (χ2v) is 4.45. The van der Waals surface area contributed by atoms with Gasteiger partial charge in [-0.15, -0.1) is 0 Å². The minimum atomic E-state index is -0.506. The van der Waals surface area contributed by atoms with Crippen molar-refractivity contribution in [3.8, 4) is 11.6 Å². The second kappa shape index (κ2) is 5.19. The highest BCUT2D eigenvalue weighted by Crippen LogP contribution is 2.23. The van der Waals surface area contributed by atoms with Gasteiger partial charge in [0.1, 0.15) is 5.75 Å². The Kier molecular flexibility index (Phi) is 3.63. The minimum Gasteiger partial charge on any atom is -0.439 e. The van der Waals surface area contributed by atoms with Crippen LogP contribution < -0.4 is 4.74 Å². The molecule has 0 saturated heterocycles. The molecule has 94 valence electrons. The number of nitrogens with zero attached hydrogens (tertiary/aromatic N) is 1. The van der Waals surface area contributed by atoms with Gasteiger partial charge in [-0.1, -0.05) is 6.07 Å². The zero-order valence-corrected chi connectivity index (χ0v) is 10.8. The van der Waals surface area contributed by atoms with E-state index < -0.39 is 6.10 Å². The van der Waals surface area contributed by atoms with Gasteiger partial charge in [0.15, 0.2) is 0 Å². The predicted molar refractivity (Wildman–Crippen MR) is 70.9 cm³/mol. The molecule has 0 aliphatic rings. The van der Waals surface area contributed by atoms with E-state index in [1.54, 1.807) is 19.2 Å². The molecule has 3 nitrogen and oxygen atoms in total.